The number of halogens is 2. The molecule has 0 aliphatic rings. The standard InChI is InChI=1S/C18H21F2N3S2/c1-23(2)12-16(13-6-4-3-5-7-13)22-18(24)21-14-8-10-15(11-9-14)25-17(19)20/h3-11,16-17H,12H2,1-2H3,(H2,21,22,24)/p+1/t16-/m1/s1. The highest BCUT2D eigenvalue weighted by atomic mass is 32.2. The number of anilines is 1. The molecule has 25 heavy (non-hydrogen) atoms. The Labute approximate surface area is 156 Å². The van der Waals surface area contributed by atoms with E-state index in [9.17, 15) is 8.78 Å². The van der Waals surface area contributed by atoms with Gasteiger partial charge in [0.25, 0.3) is 5.76 Å². The Morgan fingerprint density at radius 3 is 2.28 bits per heavy atom. The highest BCUT2D eigenvalue weighted by Crippen LogP contribution is 2.26. The molecule has 0 radical (unpaired) electrons. The van der Waals surface area contributed by atoms with Gasteiger partial charge in [0.15, 0.2) is 5.11 Å². The Morgan fingerprint density at radius 1 is 1.08 bits per heavy atom. The van der Waals surface area contributed by atoms with E-state index >= 15 is 0 Å². The van der Waals surface area contributed by atoms with Gasteiger partial charge in [-0.05, 0) is 42.0 Å². The summed E-state index contributed by atoms with van der Waals surface area (Å²) in [7, 11) is 4.18. The van der Waals surface area contributed by atoms with Gasteiger partial charge in [-0.2, -0.15) is 8.78 Å². The Hall–Kier alpha value is -1.70. The molecule has 0 aliphatic heterocycles. The van der Waals surface area contributed by atoms with E-state index in [-0.39, 0.29) is 6.04 Å². The van der Waals surface area contributed by atoms with Crippen molar-refractivity contribution in [2.45, 2.75) is 16.7 Å². The SMILES string of the molecule is C[NH+](C)C[C@@H](NC(=S)Nc1ccc(SC(F)F)cc1)c1ccccc1. The third kappa shape index (κ3) is 6.97. The van der Waals surface area contributed by atoms with E-state index in [4.69, 9.17) is 12.2 Å². The summed E-state index contributed by atoms with van der Waals surface area (Å²) < 4.78 is 24.7. The average Bonchev–Trinajstić information content (AvgIpc) is 2.56. The van der Waals surface area contributed by atoms with Crippen molar-refractivity contribution in [1.82, 2.24) is 5.32 Å². The Morgan fingerprint density at radius 2 is 1.72 bits per heavy atom. The van der Waals surface area contributed by atoms with Crippen LogP contribution in [0.25, 0.3) is 0 Å². The van der Waals surface area contributed by atoms with E-state index in [0.717, 1.165) is 17.8 Å². The molecule has 3 N–H and O–H groups in total. The first kappa shape index (κ1) is 19.6. The molecular formula is C18H22F2N3S2+. The van der Waals surface area contributed by atoms with Gasteiger partial charge in [-0.25, -0.2) is 0 Å². The van der Waals surface area contributed by atoms with Crippen molar-refractivity contribution in [3.05, 3.63) is 60.2 Å². The molecule has 0 heterocycles. The molecule has 0 aromatic heterocycles. The van der Waals surface area contributed by atoms with Gasteiger partial charge in [0.05, 0.1) is 14.1 Å². The number of nitrogens with one attached hydrogen (secondary N) is 3. The molecule has 0 saturated heterocycles. The fourth-order valence-electron chi connectivity index (χ4n) is 2.39. The maximum Gasteiger partial charge on any atom is 0.288 e. The van der Waals surface area contributed by atoms with Gasteiger partial charge in [0.2, 0.25) is 0 Å². The lowest BCUT2D eigenvalue weighted by Gasteiger charge is -2.22. The summed E-state index contributed by atoms with van der Waals surface area (Å²) in [6.45, 7) is 0.871. The monoisotopic (exact) mass is 382 g/mol. The first-order chi connectivity index (χ1) is 11.9. The molecule has 7 heteroatoms. The zero-order chi connectivity index (χ0) is 18.2. The molecule has 2 rings (SSSR count). The van der Waals surface area contributed by atoms with Crippen LogP contribution in [0.15, 0.2) is 59.5 Å². The first-order valence-electron chi connectivity index (χ1n) is 7.90. The van der Waals surface area contributed by atoms with Crippen molar-refractivity contribution < 1.29 is 13.7 Å². The summed E-state index contributed by atoms with van der Waals surface area (Å²) in [4.78, 5) is 1.83. The van der Waals surface area contributed by atoms with E-state index in [1.807, 2.05) is 18.2 Å². The molecule has 0 amide bonds. The molecule has 0 spiro atoms. The van der Waals surface area contributed by atoms with E-state index in [0.29, 0.717) is 21.8 Å². The number of rotatable bonds is 7. The van der Waals surface area contributed by atoms with Crippen LogP contribution in [0, 0.1) is 0 Å². The Kier molecular flexibility index (Phi) is 7.61. The van der Waals surface area contributed by atoms with Crippen molar-refractivity contribution in [2.24, 2.45) is 0 Å². The van der Waals surface area contributed by atoms with Crippen LogP contribution in [0.2, 0.25) is 0 Å². The van der Waals surface area contributed by atoms with Crippen LogP contribution in [-0.4, -0.2) is 31.5 Å². The van der Waals surface area contributed by atoms with Gasteiger partial charge in [-0.3, -0.25) is 0 Å². The molecule has 0 aliphatic carbocycles. The molecule has 1 atom stereocenters. The van der Waals surface area contributed by atoms with E-state index in [2.05, 4.69) is 36.9 Å². The largest absolute Gasteiger partial charge is 0.350 e. The number of hydrogen-bond acceptors (Lipinski definition) is 2. The van der Waals surface area contributed by atoms with E-state index in [1.165, 1.54) is 4.90 Å². The Bertz CT molecular complexity index is 664. The minimum absolute atomic E-state index is 0.0832. The van der Waals surface area contributed by atoms with Crippen molar-refractivity contribution in [3.8, 4) is 0 Å². The van der Waals surface area contributed by atoms with Gasteiger partial charge in [0.1, 0.15) is 12.6 Å². The molecule has 2 aromatic rings. The average molecular weight is 383 g/mol. The van der Waals surface area contributed by atoms with Crippen LogP contribution in [0.1, 0.15) is 11.6 Å². The summed E-state index contributed by atoms with van der Waals surface area (Å²) in [6.07, 6.45) is 0. The minimum atomic E-state index is -2.42. The second-order valence-electron chi connectivity index (χ2n) is 5.88. The highest BCUT2D eigenvalue weighted by molar-refractivity contribution is 7.99. The lowest BCUT2D eigenvalue weighted by Crippen LogP contribution is -3.06. The molecule has 0 bridgehead atoms. The number of thioether (sulfide) groups is 1. The van der Waals surface area contributed by atoms with Gasteiger partial charge in [0, 0.05) is 10.6 Å². The predicted octanol–water partition coefficient (Wildman–Crippen LogP) is 3.17. The molecule has 0 fully saturated rings. The fraction of sp³-hybridized carbons (Fsp3) is 0.278. The fourth-order valence-corrected chi connectivity index (χ4v) is 3.15. The normalized spacial score (nSPS) is 12.2. The van der Waals surface area contributed by atoms with Crippen molar-refractivity contribution in [1.29, 1.82) is 0 Å². The van der Waals surface area contributed by atoms with Crippen molar-refractivity contribution in [2.75, 3.05) is 26.0 Å². The van der Waals surface area contributed by atoms with E-state index < -0.39 is 5.76 Å². The zero-order valence-corrected chi connectivity index (χ0v) is 15.8. The van der Waals surface area contributed by atoms with Crippen molar-refractivity contribution in [3.63, 3.8) is 0 Å². The first-order valence-corrected chi connectivity index (χ1v) is 9.19. The number of likely N-dealkylation sites (N-methyl/N-ethyl adjacent to an activating group) is 1. The summed E-state index contributed by atoms with van der Waals surface area (Å²) in [5.41, 5.74) is 1.93. The van der Waals surface area contributed by atoms with Gasteiger partial charge >= 0.3 is 0 Å². The lowest BCUT2D eigenvalue weighted by molar-refractivity contribution is -0.860. The lowest BCUT2D eigenvalue weighted by atomic mass is 10.1. The minimum Gasteiger partial charge on any atom is -0.350 e. The Balaban J connectivity index is 1.98. The van der Waals surface area contributed by atoms with Gasteiger partial charge in [-0.1, -0.05) is 42.1 Å². The third-order valence-corrected chi connectivity index (χ3v) is 4.40. The molecule has 2 aromatic carbocycles. The summed E-state index contributed by atoms with van der Waals surface area (Å²) in [5, 5.41) is 6.95. The second kappa shape index (κ2) is 9.70. The van der Waals surface area contributed by atoms with Crippen LogP contribution in [0.5, 0.6) is 0 Å². The number of thiocarbonyl (C=S) groups is 1. The summed E-state index contributed by atoms with van der Waals surface area (Å²) >= 11 is 5.94. The third-order valence-electron chi connectivity index (χ3n) is 3.46. The smallest absolute Gasteiger partial charge is 0.288 e. The summed E-state index contributed by atoms with van der Waals surface area (Å²) in [6, 6.07) is 17.0. The number of hydrogen-bond donors (Lipinski definition) is 3. The molecule has 3 nitrogen and oxygen atoms in total. The number of benzene rings is 2. The second-order valence-corrected chi connectivity index (χ2v) is 7.35. The molecular weight excluding hydrogens is 360 g/mol. The number of alkyl halides is 2. The topological polar surface area (TPSA) is 28.5 Å². The van der Waals surface area contributed by atoms with Crippen LogP contribution < -0.4 is 15.5 Å². The van der Waals surface area contributed by atoms with Crippen LogP contribution in [0.3, 0.4) is 0 Å². The van der Waals surface area contributed by atoms with Gasteiger partial charge < -0.3 is 15.5 Å². The molecule has 0 unspecified atom stereocenters. The maximum absolute atomic E-state index is 12.4. The quantitative estimate of drug-likeness (QED) is 0.507. The molecule has 0 saturated carbocycles. The predicted molar refractivity (Wildman–Crippen MR) is 105 cm³/mol. The van der Waals surface area contributed by atoms with Crippen LogP contribution >= 0.6 is 24.0 Å². The number of quaternary nitrogens is 1. The maximum atomic E-state index is 12.4. The molecule has 134 valence electrons. The highest BCUT2D eigenvalue weighted by Gasteiger charge is 2.16. The van der Waals surface area contributed by atoms with Gasteiger partial charge in [-0.15, -0.1) is 0 Å². The van der Waals surface area contributed by atoms with Crippen molar-refractivity contribution >= 4 is 34.8 Å². The van der Waals surface area contributed by atoms with Crippen LogP contribution in [-0.2, 0) is 0 Å². The zero-order valence-electron chi connectivity index (χ0n) is 14.1. The summed E-state index contributed by atoms with van der Waals surface area (Å²) in [5.74, 6) is -2.42. The van der Waals surface area contributed by atoms with Crippen LogP contribution in [0.4, 0.5) is 14.5 Å². The van der Waals surface area contributed by atoms with E-state index in [1.54, 1.807) is 24.3 Å².